The second-order valence-corrected chi connectivity index (χ2v) is 8.96. The minimum Gasteiger partial charge on any atom is -0.494 e. The first-order valence-electron chi connectivity index (χ1n) is 10.5. The molecule has 2 aromatic rings. The molecule has 1 amide bonds. The standard InChI is InChI=1S/C23H32N2O5S/c1-5-29-21-15-13-20(14-16-21)25(31(4,27)28)18(3)23(26)24-17-9-11-19-10-7-8-12-22(19)30-6-2/h7-8,10,12-16,18H,5-6,9,11,17H2,1-4H3,(H,24,26). The number of sulfonamides is 1. The maximum absolute atomic E-state index is 12.7. The van der Waals surface area contributed by atoms with Crippen molar-refractivity contribution in [3.8, 4) is 11.5 Å². The normalized spacial score (nSPS) is 12.1. The van der Waals surface area contributed by atoms with Crippen LogP contribution in [-0.2, 0) is 21.2 Å². The molecule has 0 saturated carbocycles. The van der Waals surface area contributed by atoms with Crippen LogP contribution in [-0.4, -0.2) is 46.4 Å². The van der Waals surface area contributed by atoms with Gasteiger partial charge in [-0.15, -0.1) is 0 Å². The highest BCUT2D eigenvalue weighted by molar-refractivity contribution is 7.92. The lowest BCUT2D eigenvalue weighted by atomic mass is 10.1. The first-order valence-corrected chi connectivity index (χ1v) is 12.3. The summed E-state index contributed by atoms with van der Waals surface area (Å²) < 4.78 is 37.0. The molecule has 1 N–H and O–H groups in total. The molecule has 0 aliphatic carbocycles. The molecule has 0 aromatic heterocycles. The lowest BCUT2D eigenvalue weighted by molar-refractivity contribution is -0.121. The molecule has 1 unspecified atom stereocenters. The van der Waals surface area contributed by atoms with Crippen LogP contribution in [0.1, 0.15) is 32.8 Å². The zero-order valence-corrected chi connectivity index (χ0v) is 19.4. The van der Waals surface area contributed by atoms with Crippen molar-refractivity contribution in [3.63, 3.8) is 0 Å². The highest BCUT2D eigenvalue weighted by atomic mass is 32.2. The zero-order valence-electron chi connectivity index (χ0n) is 18.6. The molecule has 0 aliphatic heterocycles. The van der Waals surface area contributed by atoms with Crippen LogP contribution in [0.2, 0.25) is 0 Å². The summed E-state index contributed by atoms with van der Waals surface area (Å²) in [6.07, 6.45) is 2.56. The number of anilines is 1. The smallest absolute Gasteiger partial charge is 0.243 e. The van der Waals surface area contributed by atoms with Crippen LogP contribution in [0.15, 0.2) is 48.5 Å². The lowest BCUT2D eigenvalue weighted by Crippen LogP contribution is -2.48. The Morgan fingerprint density at radius 2 is 1.68 bits per heavy atom. The molecule has 7 nitrogen and oxygen atoms in total. The minimum absolute atomic E-state index is 0.350. The summed E-state index contributed by atoms with van der Waals surface area (Å²) in [5.74, 6) is 1.14. The van der Waals surface area contributed by atoms with Crippen LogP contribution in [0.5, 0.6) is 11.5 Å². The van der Waals surface area contributed by atoms with Crippen LogP contribution in [0.3, 0.4) is 0 Å². The molecule has 170 valence electrons. The fourth-order valence-electron chi connectivity index (χ4n) is 3.31. The highest BCUT2D eigenvalue weighted by Crippen LogP contribution is 2.24. The van der Waals surface area contributed by atoms with Crippen molar-refractivity contribution in [2.45, 2.75) is 39.7 Å². The van der Waals surface area contributed by atoms with Crippen molar-refractivity contribution in [1.82, 2.24) is 5.32 Å². The van der Waals surface area contributed by atoms with E-state index >= 15 is 0 Å². The molecule has 2 aromatic carbocycles. The Labute approximate surface area is 185 Å². The third-order valence-corrected chi connectivity index (χ3v) is 5.93. The van der Waals surface area contributed by atoms with Gasteiger partial charge in [-0.05, 0) is 69.5 Å². The van der Waals surface area contributed by atoms with Gasteiger partial charge in [0.05, 0.1) is 25.2 Å². The third-order valence-electron chi connectivity index (χ3n) is 4.69. The summed E-state index contributed by atoms with van der Waals surface area (Å²) in [5, 5.41) is 2.85. The van der Waals surface area contributed by atoms with E-state index in [4.69, 9.17) is 9.47 Å². The number of ether oxygens (including phenoxy) is 2. The van der Waals surface area contributed by atoms with E-state index in [9.17, 15) is 13.2 Å². The Kier molecular flexibility index (Phi) is 9.18. The van der Waals surface area contributed by atoms with Gasteiger partial charge >= 0.3 is 0 Å². The van der Waals surface area contributed by atoms with Crippen molar-refractivity contribution in [1.29, 1.82) is 0 Å². The van der Waals surface area contributed by atoms with Crippen molar-refractivity contribution in [3.05, 3.63) is 54.1 Å². The number of hydrogen-bond acceptors (Lipinski definition) is 5. The molecule has 8 heteroatoms. The van der Waals surface area contributed by atoms with Gasteiger partial charge in [0.25, 0.3) is 0 Å². The predicted octanol–water partition coefficient (Wildman–Crippen LogP) is 3.39. The van der Waals surface area contributed by atoms with Crippen molar-refractivity contribution >= 4 is 21.6 Å². The Morgan fingerprint density at radius 1 is 1.03 bits per heavy atom. The topological polar surface area (TPSA) is 84.9 Å². The number of nitrogens with zero attached hydrogens (tertiary/aromatic N) is 1. The average Bonchev–Trinajstić information content (AvgIpc) is 2.73. The van der Waals surface area contributed by atoms with Gasteiger partial charge in [0.2, 0.25) is 15.9 Å². The summed E-state index contributed by atoms with van der Waals surface area (Å²) in [7, 11) is -3.66. The van der Waals surface area contributed by atoms with Gasteiger partial charge in [0, 0.05) is 6.54 Å². The van der Waals surface area contributed by atoms with Gasteiger partial charge in [0.15, 0.2) is 0 Å². The number of para-hydroxylation sites is 1. The van der Waals surface area contributed by atoms with Gasteiger partial charge in [-0.1, -0.05) is 18.2 Å². The third kappa shape index (κ3) is 7.17. The van der Waals surface area contributed by atoms with E-state index in [0.717, 1.165) is 28.3 Å². The SMILES string of the molecule is CCOc1ccc(N(C(C)C(=O)NCCCc2ccccc2OCC)S(C)(=O)=O)cc1. The van der Waals surface area contributed by atoms with Gasteiger partial charge in [-0.3, -0.25) is 9.10 Å². The van der Waals surface area contributed by atoms with E-state index in [2.05, 4.69) is 5.32 Å². The molecule has 0 radical (unpaired) electrons. The molecule has 0 spiro atoms. The summed E-state index contributed by atoms with van der Waals surface area (Å²) in [6, 6.07) is 13.6. The maximum atomic E-state index is 12.7. The molecular weight excluding hydrogens is 416 g/mol. The van der Waals surface area contributed by atoms with Gasteiger partial charge in [-0.25, -0.2) is 8.42 Å². The number of benzene rings is 2. The van der Waals surface area contributed by atoms with Crippen LogP contribution in [0.4, 0.5) is 5.69 Å². The lowest BCUT2D eigenvalue weighted by Gasteiger charge is -2.28. The highest BCUT2D eigenvalue weighted by Gasteiger charge is 2.28. The van der Waals surface area contributed by atoms with Crippen molar-refractivity contribution in [2.75, 3.05) is 30.3 Å². The Morgan fingerprint density at radius 3 is 2.29 bits per heavy atom. The van der Waals surface area contributed by atoms with Crippen LogP contribution in [0.25, 0.3) is 0 Å². The molecular formula is C23H32N2O5S. The number of nitrogens with one attached hydrogen (secondary N) is 1. The van der Waals surface area contributed by atoms with Crippen molar-refractivity contribution in [2.24, 2.45) is 0 Å². The van der Waals surface area contributed by atoms with E-state index in [1.165, 1.54) is 0 Å². The van der Waals surface area contributed by atoms with Crippen LogP contribution < -0.4 is 19.1 Å². The van der Waals surface area contributed by atoms with E-state index in [-0.39, 0.29) is 5.91 Å². The molecule has 0 bridgehead atoms. The average molecular weight is 449 g/mol. The van der Waals surface area contributed by atoms with E-state index in [1.807, 2.05) is 38.1 Å². The van der Waals surface area contributed by atoms with Crippen LogP contribution in [0, 0.1) is 0 Å². The Balaban J connectivity index is 1.99. The fraction of sp³-hybridized carbons (Fsp3) is 0.435. The Hall–Kier alpha value is -2.74. The fourth-order valence-corrected chi connectivity index (χ4v) is 4.48. The maximum Gasteiger partial charge on any atom is 0.243 e. The van der Waals surface area contributed by atoms with Crippen LogP contribution >= 0.6 is 0 Å². The van der Waals surface area contributed by atoms with Crippen molar-refractivity contribution < 1.29 is 22.7 Å². The Bertz CT molecular complexity index is 945. The summed E-state index contributed by atoms with van der Waals surface area (Å²) in [5.41, 5.74) is 1.50. The van der Waals surface area contributed by atoms with Gasteiger partial charge < -0.3 is 14.8 Å². The van der Waals surface area contributed by atoms with E-state index in [0.29, 0.717) is 37.6 Å². The molecule has 0 heterocycles. The minimum atomic E-state index is -3.66. The molecule has 0 aliphatic rings. The molecule has 2 rings (SSSR count). The molecule has 1 atom stereocenters. The summed E-state index contributed by atoms with van der Waals surface area (Å²) in [6.45, 7) is 6.94. The predicted molar refractivity (Wildman–Crippen MR) is 123 cm³/mol. The first-order chi connectivity index (χ1) is 14.8. The number of rotatable bonds is 12. The number of aryl methyl sites for hydroxylation is 1. The number of carbonyl (C=O) groups excluding carboxylic acids is 1. The molecule has 31 heavy (non-hydrogen) atoms. The monoisotopic (exact) mass is 448 g/mol. The zero-order chi connectivity index (χ0) is 22.9. The number of hydrogen-bond donors (Lipinski definition) is 1. The summed E-state index contributed by atoms with van der Waals surface area (Å²) >= 11 is 0. The van der Waals surface area contributed by atoms with E-state index < -0.39 is 16.1 Å². The second-order valence-electron chi connectivity index (χ2n) is 7.10. The van der Waals surface area contributed by atoms with E-state index in [1.54, 1.807) is 31.2 Å². The number of carbonyl (C=O) groups is 1. The quantitative estimate of drug-likeness (QED) is 0.503. The second kappa shape index (κ2) is 11.6. The molecule has 0 fully saturated rings. The first kappa shape index (κ1) is 24.5. The largest absolute Gasteiger partial charge is 0.494 e. The van der Waals surface area contributed by atoms with Gasteiger partial charge in [0.1, 0.15) is 17.5 Å². The van der Waals surface area contributed by atoms with Gasteiger partial charge in [-0.2, -0.15) is 0 Å². The molecule has 0 saturated heterocycles. The number of amides is 1. The summed E-state index contributed by atoms with van der Waals surface area (Å²) in [4.78, 5) is 12.7.